The number of hydrogen-bond donors (Lipinski definition) is 0. The predicted molar refractivity (Wildman–Crippen MR) is 91.1 cm³/mol. The molecule has 0 saturated carbocycles. The fourth-order valence-electron chi connectivity index (χ4n) is 2.47. The number of hydrogen-bond acceptors (Lipinski definition) is 2. The van der Waals surface area contributed by atoms with Crippen LogP contribution in [0.4, 0.5) is 13.2 Å². The molecule has 1 heterocycles. The lowest BCUT2D eigenvalue weighted by molar-refractivity contribution is -0.137. The molecule has 2 aromatic carbocycles. The minimum absolute atomic E-state index is 0.0392. The van der Waals surface area contributed by atoms with E-state index in [9.17, 15) is 13.2 Å². The first kappa shape index (κ1) is 17.2. The summed E-state index contributed by atoms with van der Waals surface area (Å²) in [6.45, 7) is 3.85. The Morgan fingerprint density at radius 2 is 1.68 bits per heavy atom. The maximum Gasteiger partial charge on any atom is 0.417 e. The van der Waals surface area contributed by atoms with Gasteiger partial charge in [0.05, 0.1) is 17.1 Å². The predicted octanol–water partition coefficient (Wildman–Crippen LogP) is 5.47. The molecule has 0 aliphatic carbocycles. The molecule has 0 atom stereocenters. The van der Waals surface area contributed by atoms with Crippen molar-refractivity contribution in [1.82, 2.24) is 14.8 Å². The minimum atomic E-state index is -4.49. The summed E-state index contributed by atoms with van der Waals surface area (Å²) in [4.78, 5) is 4.32. The van der Waals surface area contributed by atoms with Crippen LogP contribution >= 0.6 is 11.6 Å². The molecule has 25 heavy (non-hydrogen) atoms. The third-order valence-corrected chi connectivity index (χ3v) is 3.89. The van der Waals surface area contributed by atoms with Gasteiger partial charge in [-0.25, -0.2) is 9.67 Å². The van der Waals surface area contributed by atoms with Gasteiger partial charge in [-0.1, -0.05) is 48.0 Å². The van der Waals surface area contributed by atoms with E-state index < -0.39 is 11.7 Å². The van der Waals surface area contributed by atoms with E-state index >= 15 is 0 Å². The van der Waals surface area contributed by atoms with Crippen LogP contribution < -0.4 is 0 Å². The van der Waals surface area contributed by atoms with Crippen LogP contribution in [-0.4, -0.2) is 14.8 Å². The zero-order valence-corrected chi connectivity index (χ0v) is 13.7. The summed E-state index contributed by atoms with van der Waals surface area (Å²) in [6.07, 6.45) is -2.95. The number of allylic oxidation sites excluding steroid dienone is 1. The zero-order chi connectivity index (χ0) is 18.0. The first-order valence-corrected chi connectivity index (χ1v) is 7.77. The van der Waals surface area contributed by atoms with E-state index in [4.69, 9.17) is 11.6 Å². The average molecular weight is 364 g/mol. The van der Waals surface area contributed by atoms with Crippen molar-refractivity contribution >= 4 is 11.6 Å². The fraction of sp³-hybridized carbons (Fsp3) is 0.111. The van der Waals surface area contributed by atoms with Gasteiger partial charge < -0.3 is 0 Å². The molecule has 3 nitrogen and oxygen atoms in total. The van der Waals surface area contributed by atoms with Gasteiger partial charge in [0, 0.05) is 11.1 Å². The second-order valence-electron chi connectivity index (χ2n) is 5.25. The number of halogens is 4. The van der Waals surface area contributed by atoms with Crippen LogP contribution in [0.3, 0.4) is 0 Å². The van der Waals surface area contributed by atoms with Gasteiger partial charge in [0.15, 0.2) is 11.6 Å². The van der Waals surface area contributed by atoms with Crippen LogP contribution in [-0.2, 0) is 12.7 Å². The number of rotatable bonds is 4. The standard InChI is InChI=1S/C18H13ClF3N3/c1-2-11-25-17(12-7-3-5-9-14(12)18(20,21)22)23-16(24-25)13-8-4-6-10-15(13)19/h2-10H,1,11H2. The Morgan fingerprint density at radius 1 is 1.04 bits per heavy atom. The van der Waals surface area contributed by atoms with Crippen LogP contribution in [0.15, 0.2) is 61.2 Å². The minimum Gasteiger partial charge on any atom is -0.241 e. The fourth-order valence-corrected chi connectivity index (χ4v) is 2.69. The lowest BCUT2D eigenvalue weighted by Crippen LogP contribution is -2.09. The smallest absolute Gasteiger partial charge is 0.241 e. The highest BCUT2D eigenvalue weighted by Gasteiger charge is 2.34. The molecular weight excluding hydrogens is 351 g/mol. The van der Waals surface area contributed by atoms with Gasteiger partial charge in [-0.15, -0.1) is 6.58 Å². The lowest BCUT2D eigenvalue weighted by atomic mass is 10.1. The number of nitrogens with zero attached hydrogens (tertiary/aromatic N) is 3. The van der Waals surface area contributed by atoms with E-state index in [0.29, 0.717) is 10.6 Å². The molecule has 3 aromatic rings. The van der Waals surface area contributed by atoms with Gasteiger partial charge >= 0.3 is 6.18 Å². The number of aromatic nitrogens is 3. The van der Waals surface area contributed by atoms with Gasteiger partial charge in [-0.05, 0) is 18.2 Å². The van der Waals surface area contributed by atoms with E-state index in [2.05, 4.69) is 16.7 Å². The van der Waals surface area contributed by atoms with Crippen LogP contribution in [0.2, 0.25) is 5.02 Å². The summed E-state index contributed by atoms with van der Waals surface area (Å²) >= 11 is 6.16. The zero-order valence-electron chi connectivity index (χ0n) is 13.0. The molecule has 0 aliphatic heterocycles. The summed E-state index contributed by atoms with van der Waals surface area (Å²) in [5.41, 5.74) is -0.251. The van der Waals surface area contributed by atoms with Gasteiger partial charge in [0.1, 0.15) is 0 Å². The first-order chi connectivity index (χ1) is 11.9. The summed E-state index contributed by atoms with van der Waals surface area (Å²) in [5.74, 6) is 0.377. The quantitative estimate of drug-likeness (QED) is 0.575. The van der Waals surface area contributed by atoms with Gasteiger partial charge in [-0.2, -0.15) is 18.3 Å². The van der Waals surface area contributed by atoms with Crippen molar-refractivity contribution in [1.29, 1.82) is 0 Å². The molecule has 1 aromatic heterocycles. The maximum atomic E-state index is 13.3. The Hall–Kier alpha value is -2.60. The number of benzene rings is 2. The lowest BCUT2D eigenvalue weighted by Gasteiger charge is -2.12. The largest absolute Gasteiger partial charge is 0.417 e. The Balaban J connectivity index is 2.21. The molecule has 0 radical (unpaired) electrons. The van der Waals surface area contributed by atoms with Crippen LogP contribution in [0.5, 0.6) is 0 Å². The van der Waals surface area contributed by atoms with Crippen LogP contribution in [0, 0.1) is 0 Å². The molecule has 128 valence electrons. The Kier molecular flexibility index (Phi) is 4.63. The normalized spacial score (nSPS) is 11.5. The van der Waals surface area contributed by atoms with Crippen molar-refractivity contribution in [3.8, 4) is 22.8 Å². The maximum absolute atomic E-state index is 13.3. The summed E-state index contributed by atoms with van der Waals surface area (Å²) in [5, 5.41) is 4.74. The average Bonchev–Trinajstić information content (AvgIpc) is 2.98. The third kappa shape index (κ3) is 3.44. The van der Waals surface area contributed by atoms with Crippen molar-refractivity contribution in [2.75, 3.05) is 0 Å². The topological polar surface area (TPSA) is 30.7 Å². The highest BCUT2D eigenvalue weighted by Crippen LogP contribution is 2.37. The highest BCUT2D eigenvalue weighted by molar-refractivity contribution is 6.33. The molecule has 0 amide bonds. The van der Waals surface area contributed by atoms with Crippen molar-refractivity contribution < 1.29 is 13.2 Å². The third-order valence-electron chi connectivity index (χ3n) is 3.56. The molecule has 0 unspecified atom stereocenters. The van der Waals surface area contributed by atoms with Crippen molar-refractivity contribution in [2.24, 2.45) is 0 Å². The molecule has 0 saturated heterocycles. The van der Waals surface area contributed by atoms with Crippen LogP contribution in [0.1, 0.15) is 5.56 Å². The molecule has 0 N–H and O–H groups in total. The second-order valence-corrected chi connectivity index (χ2v) is 5.66. The molecule has 0 bridgehead atoms. The summed E-state index contributed by atoms with van der Waals surface area (Å²) in [7, 11) is 0. The monoisotopic (exact) mass is 363 g/mol. The highest BCUT2D eigenvalue weighted by atomic mass is 35.5. The van der Waals surface area contributed by atoms with Gasteiger partial charge in [0.2, 0.25) is 0 Å². The van der Waals surface area contributed by atoms with E-state index in [0.717, 1.165) is 6.07 Å². The van der Waals surface area contributed by atoms with Crippen molar-refractivity contribution in [3.63, 3.8) is 0 Å². The summed E-state index contributed by atoms with van der Waals surface area (Å²) < 4.78 is 41.4. The molecule has 3 rings (SSSR count). The van der Waals surface area contributed by atoms with E-state index in [1.165, 1.54) is 22.9 Å². The molecular formula is C18H13ClF3N3. The first-order valence-electron chi connectivity index (χ1n) is 7.39. The van der Waals surface area contributed by atoms with Crippen molar-refractivity contribution in [3.05, 3.63) is 71.8 Å². The van der Waals surface area contributed by atoms with E-state index in [-0.39, 0.29) is 23.8 Å². The molecule has 7 heteroatoms. The Labute approximate surface area is 147 Å². The Morgan fingerprint density at radius 3 is 2.32 bits per heavy atom. The van der Waals surface area contributed by atoms with Crippen molar-refractivity contribution in [2.45, 2.75) is 12.7 Å². The van der Waals surface area contributed by atoms with E-state index in [1.54, 1.807) is 30.3 Å². The molecule has 0 fully saturated rings. The molecule has 0 spiro atoms. The van der Waals surface area contributed by atoms with Crippen LogP contribution in [0.25, 0.3) is 22.8 Å². The van der Waals surface area contributed by atoms with Gasteiger partial charge in [-0.3, -0.25) is 0 Å². The SMILES string of the molecule is C=CCn1nc(-c2ccccc2Cl)nc1-c1ccccc1C(F)(F)F. The van der Waals surface area contributed by atoms with E-state index in [1.807, 2.05) is 0 Å². The second kappa shape index (κ2) is 6.72. The molecule has 0 aliphatic rings. The Bertz CT molecular complexity index is 916. The van der Waals surface area contributed by atoms with Gasteiger partial charge in [0.25, 0.3) is 0 Å². The number of alkyl halides is 3. The summed E-state index contributed by atoms with van der Waals surface area (Å²) in [6, 6.07) is 12.2.